The van der Waals surface area contributed by atoms with E-state index in [1.165, 1.54) is 110 Å². The summed E-state index contributed by atoms with van der Waals surface area (Å²) in [5.74, 6) is 0. The lowest BCUT2D eigenvalue weighted by Crippen LogP contribution is -2.03. The second-order valence-corrected chi connectivity index (χ2v) is 12.4. The van der Waals surface area contributed by atoms with E-state index in [-0.39, 0.29) is 0 Å². The molecule has 0 saturated heterocycles. The minimum atomic E-state index is 0.830. The molecule has 0 aliphatic carbocycles. The van der Waals surface area contributed by atoms with Gasteiger partial charge in [-0.25, -0.2) is 0 Å². The Hall–Kier alpha value is -3.00. The SMILES string of the molecule is CCCCCCCCc1c(CC)cc(C=C[N+](CC)=Nc2cc(CCCC)c(CC)c(-c3ccccc3)c2)cc1CCCC. The standard InChI is InChI=1S/C42H61N2/c1-7-13-16-17-18-22-27-41-35(10-4)30-34(31-37(41)23-14-8-2)28-29-44(12-6)43-39-32-38(24-15-9-3)40(11-5)42(33-39)36-25-20-19-21-26-36/h19-21,25-26,28-33H,7-18,22-24,27H2,1-6H3/q+1. The van der Waals surface area contributed by atoms with E-state index < -0.39 is 0 Å². The maximum atomic E-state index is 5.17. The summed E-state index contributed by atoms with van der Waals surface area (Å²) >= 11 is 0. The largest absolute Gasteiger partial charge is 0.196 e. The van der Waals surface area contributed by atoms with Crippen LogP contribution < -0.4 is 0 Å². The van der Waals surface area contributed by atoms with Crippen molar-refractivity contribution in [3.05, 3.63) is 94.2 Å². The average Bonchev–Trinajstić information content (AvgIpc) is 3.06. The van der Waals surface area contributed by atoms with Crippen LogP contribution in [0, 0.1) is 0 Å². The Morgan fingerprint density at radius 1 is 0.591 bits per heavy atom. The number of nitrogens with zero attached hydrogens (tertiary/aromatic N) is 2. The Labute approximate surface area is 270 Å². The van der Waals surface area contributed by atoms with E-state index in [0.29, 0.717) is 0 Å². The number of hydrogen-bond donors (Lipinski definition) is 0. The molecule has 44 heavy (non-hydrogen) atoms. The van der Waals surface area contributed by atoms with Crippen molar-refractivity contribution in [2.45, 2.75) is 138 Å². The van der Waals surface area contributed by atoms with Crippen molar-refractivity contribution in [3.63, 3.8) is 0 Å². The molecule has 0 aliphatic rings. The molecule has 0 fully saturated rings. The van der Waals surface area contributed by atoms with Gasteiger partial charge in [-0.05, 0) is 120 Å². The van der Waals surface area contributed by atoms with Crippen LogP contribution in [0.5, 0.6) is 0 Å². The van der Waals surface area contributed by atoms with Gasteiger partial charge >= 0.3 is 0 Å². The van der Waals surface area contributed by atoms with Crippen LogP contribution in [0.4, 0.5) is 5.69 Å². The van der Waals surface area contributed by atoms with Crippen LogP contribution in [-0.4, -0.2) is 11.2 Å². The molecule has 0 saturated carbocycles. The molecule has 0 atom stereocenters. The quantitative estimate of drug-likeness (QED) is 0.0703. The maximum absolute atomic E-state index is 5.17. The first kappa shape index (κ1) is 35.5. The van der Waals surface area contributed by atoms with Gasteiger partial charge in [0.2, 0.25) is 0 Å². The van der Waals surface area contributed by atoms with E-state index in [4.69, 9.17) is 5.11 Å². The molecule has 0 amide bonds. The fourth-order valence-corrected chi connectivity index (χ4v) is 6.42. The van der Waals surface area contributed by atoms with Gasteiger partial charge in [-0.1, -0.05) is 127 Å². The molecule has 0 aliphatic heterocycles. The maximum Gasteiger partial charge on any atom is 0.196 e. The highest BCUT2D eigenvalue weighted by atomic mass is 15.2. The zero-order valence-corrected chi connectivity index (χ0v) is 29.1. The van der Waals surface area contributed by atoms with Crippen LogP contribution in [0.25, 0.3) is 17.2 Å². The fraction of sp³-hybridized carbons (Fsp3) is 0.524. The Morgan fingerprint density at radius 2 is 1.23 bits per heavy atom. The summed E-state index contributed by atoms with van der Waals surface area (Å²) in [6, 6.07) is 20.4. The van der Waals surface area contributed by atoms with Gasteiger partial charge in [-0.15, -0.1) is 0 Å². The van der Waals surface area contributed by atoms with Gasteiger partial charge in [0.25, 0.3) is 0 Å². The number of benzene rings is 3. The monoisotopic (exact) mass is 593 g/mol. The highest BCUT2D eigenvalue weighted by molar-refractivity contribution is 5.72. The molecule has 3 aromatic carbocycles. The molecule has 0 aromatic heterocycles. The number of aryl methyl sites for hydroxylation is 3. The molecule has 0 N–H and O–H groups in total. The molecule has 0 radical (unpaired) electrons. The minimum Gasteiger partial charge on any atom is -0.0910 e. The molecule has 2 heteroatoms. The van der Waals surface area contributed by atoms with E-state index >= 15 is 0 Å². The Kier molecular flexibility index (Phi) is 16.2. The van der Waals surface area contributed by atoms with Crippen LogP contribution in [0.15, 0.2) is 65.9 Å². The number of unbranched alkanes of at least 4 members (excludes halogenated alkanes) is 7. The number of hydrogen-bond acceptors (Lipinski definition) is 1. The molecule has 0 unspecified atom stereocenters. The van der Waals surface area contributed by atoms with Gasteiger partial charge in [0.1, 0.15) is 5.69 Å². The van der Waals surface area contributed by atoms with Crippen LogP contribution in [-0.2, 0) is 32.1 Å². The van der Waals surface area contributed by atoms with E-state index in [9.17, 15) is 0 Å². The molecule has 2 nitrogen and oxygen atoms in total. The summed E-state index contributed by atoms with van der Waals surface area (Å²) in [4.78, 5) is 0. The van der Waals surface area contributed by atoms with E-state index in [1.54, 1.807) is 11.1 Å². The lowest BCUT2D eigenvalue weighted by Gasteiger charge is -2.16. The van der Waals surface area contributed by atoms with Crippen molar-refractivity contribution in [1.29, 1.82) is 0 Å². The third-order valence-corrected chi connectivity index (χ3v) is 8.99. The average molecular weight is 594 g/mol. The summed E-state index contributed by atoms with van der Waals surface area (Å²) in [5, 5.41) is 5.17. The predicted molar refractivity (Wildman–Crippen MR) is 193 cm³/mol. The summed E-state index contributed by atoms with van der Waals surface area (Å²) < 4.78 is 2.11. The van der Waals surface area contributed by atoms with Crippen molar-refractivity contribution in [2.75, 3.05) is 6.54 Å². The second kappa shape index (κ2) is 20.1. The minimum absolute atomic E-state index is 0.830. The molecule has 0 heterocycles. The first-order chi connectivity index (χ1) is 21.6. The Balaban J connectivity index is 1.93. The van der Waals surface area contributed by atoms with Gasteiger partial charge in [0, 0.05) is 6.08 Å². The van der Waals surface area contributed by atoms with Crippen molar-refractivity contribution in [2.24, 2.45) is 5.11 Å². The Morgan fingerprint density at radius 3 is 1.86 bits per heavy atom. The van der Waals surface area contributed by atoms with Gasteiger partial charge in [-0.3, -0.25) is 0 Å². The predicted octanol–water partition coefficient (Wildman–Crippen LogP) is 12.9. The van der Waals surface area contributed by atoms with Crippen LogP contribution in [0.1, 0.15) is 139 Å². The molecule has 0 bridgehead atoms. The van der Waals surface area contributed by atoms with Crippen molar-refractivity contribution >= 4 is 11.8 Å². The molecular weight excluding hydrogens is 532 g/mol. The summed E-state index contributed by atoms with van der Waals surface area (Å²) in [7, 11) is 0. The van der Waals surface area contributed by atoms with Crippen LogP contribution in [0.3, 0.4) is 0 Å². The molecule has 3 aromatic rings. The third kappa shape index (κ3) is 10.9. The van der Waals surface area contributed by atoms with E-state index in [1.807, 2.05) is 0 Å². The number of azo groups is 2. The van der Waals surface area contributed by atoms with Gasteiger partial charge in [0.05, 0.1) is 0 Å². The smallest absolute Gasteiger partial charge is 0.0910 e. The third-order valence-electron chi connectivity index (χ3n) is 8.99. The molecule has 0 spiro atoms. The van der Waals surface area contributed by atoms with Crippen LogP contribution in [0.2, 0.25) is 0 Å². The molecule has 3 rings (SSSR count). The second-order valence-electron chi connectivity index (χ2n) is 12.4. The topological polar surface area (TPSA) is 15.4 Å². The van der Waals surface area contributed by atoms with E-state index in [2.05, 4.69) is 113 Å². The zero-order valence-electron chi connectivity index (χ0n) is 29.1. The van der Waals surface area contributed by atoms with Crippen molar-refractivity contribution in [1.82, 2.24) is 0 Å². The zero-order chi connectivity index (χ0) is 31.6. The Bertz CT molecular complexity index is 1320. The highest BCUT2D eigenvalue weighted by Gasteiger charge is 2.14. The lowest BCUT2D eigenvalue weighted by atomic mass is 9.89. The van der Waals surface area contributed by atoms with Crippen molar-refractivity contribution in [3.8, 4) is 11.1 Å². The number of rotatable bonds is 20. The van der Waals surface area contributed by atoms with Gasteiger partial charge < -0.3 is 0 Å². The fourth-order valence-electron chi connectivity index (χ4n) is 6.42. The first-order valence-corrected chi connectivity index (χ1v) is 18.1. The normalized spacial score (nSPS) is 12.0. The van der Waals surface area contributed by atoms with Crippen molar-refractivity contribution < 1.29 is 4.70 Å². The van der Waals surface area contributed by atoms with Gasteiger partial charge in [-0.2, -0.15) is 0 Å². The lowest BCUT2D eigenvalue weighted by molar-refractivity contribution is -0.519. The molecule has 238 valence electrons. The summed E-state index contributed by atoms with van der Waals surface area (Å²) in [6.07, 6.45) is 23.2. The van der Waals surface area contributed by atoms with Crippen LogP contribution >= 0.6 is 0 Å². The summed E-state index contributed by atoms with van der Waals surface area (Å²) in [6.45, 7) is 14.5. The van der Waals surface area contributed by atoms with E-state index in [0.717, 1.165) is 31.5 Å². The highest BCUT2D eigenvalue weighted by Crippen LogP contribution is 2.33. The first-order valence-electron chi connectivity index (χ1n) is 18.1. The summed E-state index contributed by atoms with van der Waals surface area (Å²) in [5.41, 5.74) is 12.6. The molecular formula is C42H61N2+. The van der Waals surface area contributed by atoms with Gasteiger partial charge in [0.15, 0.2) is 12.7 Å².